The van der Waals surface area contributed by atoms with Crippen LogP contribution in [0.25, 0.3) is 0 Å². The number of rotatable bonds is 3. The van der Waals surface area contributed by atoms with Crippen molar-refractivity contribution in [2.75, 3.05) is 12.1 Å². The third-order valence-electron chi connectivity index (χ3n) is 2.55. The van der Waals surface area contributed by atoms with E-state index >= 15 is 0 Å². The van der Waals surface area contributed by atoms with Crippen molar-refractivity contribution in [3.63, 3.8) is 0 Å². The van der Waals surface area contributed by atoms with Crippen molar-refractivity contribution in [1.29, 1.82) is 0 Å². The second-order valence-electron chi connectivity index (χ2n) is 4.02. The molecule has 0 saturated carbocycles. The molecule has 0 fully saturated rings. The number of hydrogen-bond donors (Lipinski definition) is 0. The molecule has 2 rings (SSSR count). The fourth-order valence-electron chi connectivity index (χ4n) is 1.61. The van der Waals surface area contributed by atoms with Crippen LogP contribution in [0, 0.1) is 6.92 Å². The van der Waals surface area contributed by atoms with Gasteiger partial charge in [-0.15, -0.1) is 0 Å². The van der Waals surface area contributed by atoms with Crippen LogP contribution in [0.4, 0.5) is 5.69 Å². The summed E-state index contributed by atoms with van der Waals surface area (Å²) in [5.74, 6) is 0. The highest BCUT2D eigenvalue weighted by molar-refractivity contribution is 5.80. The Morgan fingerprint density at radius 2 is 1.76 bits per heavy atom. The molecule has 2 aromatic carbocycles. The molecule has 0 heterocycles. The molecule has 17 heavy (non-hydrogen) atoms. The molecule has 0 amide bonds. The van der Waals surface area contributed by atoms with Gasteiger partial charge in [-0.2, -0.15) is 5.10 Å². The van der Waals surface area contributed by atoms with Gasteiger partial charge in [0.1, 0.15) is 0 Å². The molecule has 0 radical (unpaired) electrons. The smallest absolute Gasteiger partial charge is 0.0590 e. The minimum atomic E-state index is 1.08. The van der Waals surface area contributed by atoms with Gasteiger partial charge in [0.15, 0.2) is 0 Å². The molecule has 0 aromatic heterocycles. The molecule has 0 unspecified atom stereocenters. The normalized spacial score (nSPS) is 10.7. The highest BCUT2D eigenvalue weighted by atomic mass is 15.4. The number of para-hydroxylation sites is 1. The van der Waals surface area contributed by atoms with Gasteiger partial charge in [-0.1, -0.05) is 48.0 Å². The van der Waals surface area contributed by atoms with Crippen LogP contribution in [0.2, 0.25) is 0 Å². The molecule has 86 valence electrons. The number of benzene rings is 2. The quantitative estimate of drug-likeness (QED) is 0.576. The Morgan fingerprint density at radius 3 is 2.47 bits per heavy atom. The van der Waals surface area contributed by atoms with E-state index in [1.165, 1.54) is 5.56 Å². The lowest BCUT2D eigenvalue weighted by atomic mass is 10.2. The van der Waals surface area contributed by atoms with Crippen molar-refractivity contribution in [1.82, 2.24) is 0 Å². The molecule has 0 spiro atoms. The van der Waals surface area contributed by atoms with E-state index in [4.69, 9.17) is 0 Å². The molecule has 2 aromatic rings. The number of hydrazone groups is 1. The standard InChI is InChI=1S/C15H16N2/c1-13-7-6-8-14(11-13)12-16-17(2)15-9-4-3-5-10-15/h3-12H,1-2H3/b16-12-. The van der Waals surface area contributed by atoms with Gasteiger partial charge in [-0.3, -0.25) is 5.01 Å². The van der Waals surface area contributed by atoms with Crippen molar-refractivity contribution in [2.24, 2.45) is 5.10 Å². The minimum absolute atomic E-state index is 1.08. The maximum Gasteiger partial charge on any atom is 0.0590 e. The van der Waals surface area contributed by atoms with E-state index in [1.54, 1.807) is 0 Å². The fraction of sp³-hybridized carbons (Fsp3) is 0.133. The lowest BCUT2D eigenvalue weighted by Crippen LogP contribution is -2.08. The van der Waals surface area contributed by atoms with Crippen LogP contribution in [0.15, 0.2) is 59.7 Å². The van der Waals surface area contributed by atoms with Crippen molar-refractivity contribution >= 4 is 11.9 Å². The molecule has 0 aliphatic carbocycles. The van der Waals surface area contributed by atoms with Crippen LogP contribution in [0.5, 0.6) is 0 Å². The largest absolute Gasteiger partial charge is 0.269 e. The highest BCUT2D eigenvalue weighted by Gasteiger charge is 1.95. The number of nitrogens with zero attached hydrogens (tertiary/aromatic N) is 2. The van der Waals surface area contributed by atoms with Crippen LogP contribution >= 0.6 is 0 Å². The van der Waals surface area contributed by atoms with Crippen molar-refractivity contribution < 1.29 is 0 Å². The van der Waals surface area contributed by atoms with Crippen molar-refractivity contribution in [2.45, 2.75) is 6.92 Å². The van der Waals surface area contributed by atoms with E-state index in [2.05, 4.69) is 30.2 Å². The zero-order valence-corrected chi connectivity index (χ0v) is 10.2. The van der Waals surface area contributed by atoms with Gasteiger partial charge in [0, 0.05) is 7.05 Å². The predicted octanol–water partition coefficient (Wildman–Crippen LogP) is 3.47. The third-order valence-corrected chi connectivity index (χ3v) is 2.55. The monoisotopic (exact) mass is 224 g/mol. The van der Waals surface area contributed by atoms with Gasteiger partial charge in [0.25, 0.3) is 0 Å². The van der Waals surface area contributed by atoms with E-state index in [1.807, 2.05) is 54.7 Å². The molecule has 2 nitrogen and oxygen atoms in total. The first-order chi connectivity index (χ1) is 8.25. The Kier molecular flexibility index (Phi) is 3.55. The maximum absolute atomic E-state index is 4.41. The second-order valence-corrected chi connectivity index (χ2v) is 4.02. The predicted molar refractivity (Wildman–Crippen MR) is 73.6 cm³/mol. The summed E-state index contributed by atoms with van der Waals surface area (Å²) in [6, 6.07) is 18.4. The zero-order chi connectivity index (χ0) is 12.1. The molecule has 0 bridgehead atoms. The zero-order valence-electron chi connectivity index (χ0n) is 10.2. The van der Waals surface area contributed by atoms with Crippen LogP contribution in [-0.2, 0) is 0 Å². The number of aryl methyl sites for hydroxylation is 1. The van der Waals surface area contributed by atoms with Gasteiger partial charge < -0.3 is 0 Å². The topological polar surface area (TPSA) is 15.6 Å². The molecule has 0 aliphatic rings. The molecule has 0 atom stereocenters. The first kappa shape index (κ1) is 11.4. The summed E-state index contributed by atoms with van der Waals surface area (Å²) < 4.78 is 0. The lowest BCUT2D eigenvalue weighted by Gasteiger charge is -2.12. The van der Waals surface area contributed by atoms with Gasteiger partial charge in [-0.25, -0.2) is 0 Å². The van der Waals surface area contributed by atoms with Crippen LogP contribution in [-0.4, -0.2) is 13.3 Å². The molecule has 0 N–H and O–H groups in total. The van der Waals surface area contributed by atoms with Crippen LogP contribution in [0.1, 0.15) is 11.1 Å². The molecule has 0 saturated heterocycles. The van der Waals surface area contributed by atoms with E-state index in [0.29, 0.717) is 0 Å². The lowest BCUT2D eigenvalue weighted by molar-refractivity contribution is 1.02. The van der Waals surface area contributed by atoms with E-state index < -0.39 is 0 Å². The van der Waals surface area contributed by atoms with Gasteiger partial charge in [0.05, 0.1) is 11.9 Å². The van der Waals surface area contributed by atoms with Crippen LogP contribution < -0.4 is 5.01 Å². The average Bonchev–Trinajstić information content (AvgIpc) is 2.37. The summed E-state index contributed by atoms with van der Waals surface area (Å²) in [5, 5.41) is 6.28. The Bertz CT molecular complexity index is 503. The maximum atomic E-state index is 4.41. The molecular formula is C15H16N2. The Balaban J connectivity index is 2.11. The fourth-order valence-corrected chi connectivity index (χ4v) is 1.61. The summed E-state index contributed by atoms with van der Waals surface area (Å²) in [4.78, 5) is 0. The first-order valence-electron chi connectivity index (χ1n) is 5.65. The summed E-state index contributed by atoms with van der Waals surface area (Å²) in [7, 11) is 1.95. The van der Waals surface area contributed by atoms with E-state index in [0.717, 1.165) is 11.3 Å². The van der Waals surface area contributed by atoms with E-state index in [-0.39, 0.29) is 0 Å². The summed E-state index contributed by atoms with van der Waals surface area (Å²) in [6.45, 7) is 2.08. The second kappa shape index (κ2) is 5.30. The van der Waals surface area contributed by atoms with Crippen molar-refractivity contribution in [3.05, 3.63) is 65.7 Å². The average molecular weight is 224 g/mol. The Morgan fingerprint density at radius 1 is 1.00 bits per heavy atom. The molecular weight excluding hydrogens is 208 g/mol. The van der Waals surface area contributed by atoms with Crippen molar-refractivity contribution in [3.8, 4) is 0 Å². The summed E-state index contributed by atoms with van der Waals surface area (Å²) in [5.41, 5.74) is 3.44. The van der Waals surface area contributed by atoms with Crippen LogP contribution in [0.3, 0.4) is 0 Å². The Labute approximate surface area is 102 Å². The van der Waals surface area contributed by atoms with Gasteiger partial charge in [0.2, 0.25) is 0 Å². The summed E-state index contributed by atoms with van der Waals surface area (Å²) in [6.07, 6.45) is 1.88. The van der Waals surface area contributed by atoms with Gasteiger partial charge in [-0.05, 0) is 24.6 Å². The summed E-state index contributed by atoms with van der Waals surface area (Å²) >= 11 is 0. The number of hydrogen-bond acceptors (Lipinski definition) is 2. The van der Waals surface area contributed by atoms with Gasteiger partial charge >= 0.3 is 0 Å². The first-order valence-corrected chi connectivity index (χ1v) is 5.65. The third kappa shape index (κ3) is 3.18. The minimum Gasteiger partial charge on any atom is -0.269 e. The SMILES string of the molecule is Cc1cccc(/C=N\N(C)c2ccccc2)c1. The number of anilines is 1. The molecule has 2 heteroatoms. The van der Waals surface area contributed by atoms with E-state index in [9.17, 15) is 0 Å². The molecule has 0 aliphatic heterocycles. The highest BCUT2D eigenvalue weighted by Crippen LogP contribution is 2.11. The Hall–Kier alpha value is -2.09.